The van der Waals surface area contributed by atoms with Gasteiger partial charge in [-0.05, 0) is 114 Å². The SMILES string of the molecule is CC(C)c1cc(C(C)C)c(-c2ccc3c(c2)[N@@+]2(c4cc(-c5ccccc5)cc(C(C)(C)C)c4)[CH-][N+]32c2[c-]c(Oc3[c-]c4c(cc3)c3ccccc3n4-c3cc(C(C)(C)C)ccn3)cc(C(C)(C)C)c2)c(C(C)C)c1.[Pt]. The molecule has 75 heavy (non-hydrogen) atoms. The standard InChI is InChI=1S/C69H73N4O.Pt/c1-43(2)48-33-59(44(3)4)66(60(34-48)45(5)6)47-25-28-63-64(35-47)73(53-32-49(46-21-17-16-18-22-46)31-51(36-53)68(10,11)12)42-72(63,73)54-37-52(69(13,14)15)38-56(40-54)74-55-26-27-58-57-23-19-20-24-61(57)71(62(58)41-55)65-39-50(29-30-70-65)67(7,8)9;/h16-39,42-45H,1-15H3;/q-1;/t72?,73-;/m0./s1. The van der Waals surface area contributed by atoms with Gasteiger partial charge in [-0.1, -0.05) is 182 Å². The summed E-state index contributed by atoms with van der Waals surface area (Å²) in [6.45, 7) is 37.1. The van der Waals surface area contributed by atoms with Crippen molar-refractivity contribution in [3.05, 3.63) is 198 Å². The number of para-hydroxylation sites is 1. The third-order valence-corrected chi connectivity index (χ3v) is 15.9. The number of ether oxygens (including phenoxy) is 1. The minimum Gasteiger partial charge on any atom is -0.509 e. The first kappa shape index (κ1) is 52.3. The van der Waals surface area contributed by atoms with Gasteiger partial charge in [0.25, 0.3) is 0 Å². The van der Waals surface area contributed by atoms with Gasteiger partial charge in [0.15, 0.2) is 12.4 Å². The van der Waals surface area contributed by atoms with E-state index in [4.69, 9.17) is 9.72 Å². The van der Waals surface area contributed by atoms with Gasteiger partial charge < -0.3 is 9.30 Å². The average molecular weight is 1170 g/mol. The van der Waals surface area contributed by atoms with E-state index in [1.54, 1.807) is 0 Å². The molecule has 6 heteroatoms. The van der Waals surface area contributed by atoms with Crippen molar-refractivity contribution in [3.63, 3.8) is 0 Å². The summed E-state index contributed by atoms with van der Waals surface area (Å²) in [5.74, 6) is 3.32. The van der Waals surface area contributed by atoms with Gasteiger partial charge >= 0.3 is 0 Å². The van der Waals surface area contributed by atoms with Gasteiger partial charge in [-0.15, -0.1) is 35.2 Å². The first-order chi connectivity index (χ1) is 35.0. The summed E-state index contributed by atoms with van der Waals surface area (Å²) in [4.78, 5) is 4.94. The molecule has 386 valence electrons. The van der Waals surface area contributed by atoms with Crippen LogP contribution in [-0.2, 0) is 37.3 Å². The molecule has 2 aliphatic rings. The van der Waals surface area contributed by atoms with Crippen molar-refractivity contribution in [1.29, 1.82) is 0 Å². The zero-order chi connectivity index (χ0) is 52.4. The summed E-state index contributed by atoms with van der Waals surface area (Å²) in [6, 6.07) is 59.8. The van der Waals surface area contributed by atoms with Crippen molar-refractivity contribution in [2.75, 3.05) is 0 Å². The molecule has 2 atom stereocenters. The molecule has 0 amide bonds. The van der Waals surface area contributed by atoms with Crippen LogP contribution >= 0.6 is 0 Å². The monoisotopic (exact) mass is 1170 g/mol. The molecule has 2 aliphatic heterocycles. The van der Waals surface area contributed by atoms with Crippen LogP contribution in [0.25, 0.3) is 49.9 Å². The molecule has 9 aromatic rings. The molecule has 0 bridgehead atoms. The van der Waals surface area contributed by atoms with Crippen LogP contribution in [0.3, 0.4) is 0 Å². The van der Waals surface area contributed by atoms with Gasteiger partial charge in [0, 0.05) is 68.5 Å². The van der Waals surface area contributed by atoms with E-state index in [2.05, 4.69) is 267 Å². The van der Waals surface area contributed by atoms with Crippen LogP contribution in [0.15, 0.2) is 146 Å². The van der Waals surface area contributed by atoms with Gasteiger partial charge in [-0.3, -0.25) is 0 Å². The predicted octanol–water partition coefficient (Wildman–Crippen LogP) is 19.5. The largest absolute Gasteiger partial charge is 0.509 e. The van der Waals surface area contributed by atoms with Crippen LogP contribution in [0.5, 0.6) is 11.5 Å². The Labute approximate surface area is 461 Å². The molecule has 1 unspecified atom stereocenters. The Morgan fingerprint density at radius 1 is 0.520 bits per heavy atom. The van der Waals surface area contributed by atoms with Gasteiger partial charge in [-0.25, -0.2) is 9.58 Å². The Morgan fingerprint density at radius 3 is 1.83 bits per heavy atom. The van der Waals surface area contributed by atoms with Crippen LogP contribution in [0.4, 0.5) is 22.7 Å². The van der Waals surface area contributed by atoms with Crippen LogP contribution in [-0.4, -0.2) is 9.55 Å². The predicted molar refractivity (Wildman–Crippen MR) is 312 cm³/mol. The van der Waals surface area contributed by atoms with E-state index in [0.717, 1.165) is 33.3 Å². The summed E-state index contributed by atoms with van der Waals surface area (Å²) in [5.41, 5.74) is 19.5. The number of benzene rings is 7. The summed E-state index contributed by atoms with van der Waals surface area (Å²) in [6.07, 6.45) is 1.92. The fourth-order valence-electron chi connectivity index (χ4n) is 11.5. The molecule has 0 saturated carbocycles. The third kappa shape index (κ3) is 8.72. The number of hydrogen-bond donors (Lipinski definition) is 0. The molecule has 0 N–H and O–H groups in total. The molecule has 11 rings (SSSR count). The first-order valence-electron chi connectivity index (χ1n) is 26.9. The second kappa shape index (κ2) is 18.6. The topological polar surface area (TPSA) is 27.1 Å². The summed E-state index contributed by atoms with van der Waals surface area (Å²) < 4.78 is 10.3. The van der Waals surface area contributed by atoms with Gasteiger partial charge in [0.1, 0.15) is 5.82 Å². The Kier molecular flexibility index (Phi) is 13.0. The maximum atomic E-state index is 7.08. The summed E-state index contributed by atoms with van der Waals surface area (Å²) in [5, 5.41) is 2.25. The van der Waals surface area contributed by atoms with Crippen LogP contribution in [0, 0.1) is 18.8 Å². The average Bonchev–Trinajstić information content (AvgIpc) is 3.91. The van der Waals surface area contributed by atoms with Gasteiger partial charge in [0.2, 0.25) is 11.4 Å². The molecular weight excluding hydrogens is 1100 g/mol. The zero-order valence-electron chi connectivity index (χ0n) is 46.7. The van der Waals surface area contributed by atoms with Gasteiger partial charge in [0.05, 0.1) is 5.69 Å². The quantitative estimate of drug-likeness (QED) is 0.0775. The van der Waals surface area contributed by atoms with Crippen LogP contribution in [0.2, 0.25) is 0 Å². The van der Waals surface area contributed by atoms with E-state index in [1.165, 1.54) is 72.7 Å². The van der Waals surface area contributed by atoms with Crippen LogP contribution in [0.1, 0.15) is 155 Å². The minimum atomic E-state index is -0.192. The van der Waals surface area contributed by atoms with E-state index >= 15 is 0 Å². The van der Waals surface area contributed by atoms with E-state index in [9.17, 15) is 0 Å². The minimum absolute atomic E-state index is 0. The molecule has 7 aromatic carbocycles. The molecule has 1 fully saturated rings. The number of rotatable bonds is 10. The smallest absolute Gasteiger partial charge is 0.226 e. The fourth-order valence-corrected chi connectivity index (χ4v) is 11.5. The second-order valence-corrected chi connectivity index (χ2v) is 25.2. The Bertz CT molecular complexity index is 3640. The number of quaternary nitrogens is 2. The maximum Gasteiger partial charge on any atom is 0.226 e. The number of fused-ring (bicyclic) bond motifs is 7. The summed E-state index contributed by atoms with van der Waals surface area (Å²) in [7, 11) is 0. The number of hydrogen-bond acceptors (Lipinski definition) is 2. The van der Waals surface area contributed by atoms with E-state index in [-0.39, 0.29) is 37.3 Å². The second-order valence-electron chi connectivity index (χ2n) is 25.2. The third-order valence-electron chi connectivity index (χ3n) is 15.9. The first-order valence-corrected chi connectivity index (χ1v) is 26.9. The number of nitrogens with zero attached hydrogens (tertiary/aromatic N) is 4. The van der Waals surface area contributed by atoms with Crippen molar-refractivity contribution in [3.8, 4) is 39.6 Å². The van der Waals surface area contributed by atoms with E-state index in [1.807, 2.05) is 6.20 Å². The molecule has 4 heterocycles. The fraction of sp³-hybridized carbons (Fsp3) is 0.304. The molecule has 0 aliphatic carbocycles. The molecular formula is C69H73N4OPt-. The van der Waals surface area contributed by atoms with Crippen molar-refractivity contribution in [2.45, 2.75) is 138 Å². The number of aromatic nitrogens is 2. The molecule has 2 aromatic heterocycles. The van der Waals surface area contributed by atoms with Crippen molar-refractivity contribution >= 4 is 44.6 Å². The zero-order valence-corrected chi connectivity index (χ0v) is 49.0. The van der Waals surface area contributed by atoms with Crippen molar-refractivity contribution in [1.82, 2.24) is 18.7 Å². The molecule has 5 nitrogen and oxygen atoms in total. The van der Waals surface area contributed by atoms with E-state index < -0.39 is 0 Å². The molecule has 1 saturated heterocycles. The molecule has 0 radical (unpaired) electrons. The maximum absolute atomic E-state index is 7.08. The molecule has 0 spiro atoms. The van der Waals surface area contributed by atoms with Crippen molar-refractivity contribution < 1.29 is 25.8 Å². The normalized spacial score (nSPS) is 17.3. The Balaban J connectivity index is 0.00000641. The van der Waals surface area contributed by atoms with Gasteiger partial charge in [-0.2, -0.15) is 10.7 Å². The Morgan fingerprint density at radius 2 is 1.17 bits per heavy atom. The van der Waals surface area contributed by atoms with Crippen LogP contribution < -0.4 is 13.9 Å². The Hall–Kier alpha value is -6.10. The van der Waals surface area contributed by atoms with Crippen molar-refractivity contribution in [2.24, 2.45) is 0 Å². The number of pyridine rings is 1. The van der Waals surface area contributed by atoms with E-state index in [0.29, 0.717) is 38.4 Å². The summed E-state index contributed by atoms with van der Waals surface area (Å²) >= 11 is 0.